The van der Waals surface area contributed by atoms with Crippen LogP contribution in [0, 0.1) is 0 Å². The number of halogens is 1. The first-order chi connectivity index (χ1) is 8.74. The molecule has 1 N–H and O–H groups in total. The molecule has 0 amide bonds. The molecule has 3 rings (SSSR count). The summed E-state index contributed by atoms with van der Waals surface area (Å²) < 4.78 is 6.19. The molecule has 0 radical (unpaired) electrons. The molecule has 0 unspecified atom stereocenters. The zero-order chi connectivity index (χ0) is 12.5. The molecule has 0 spiro atoms. The number of pyridine rings is 2. The predicted molar refractivity (Wildman–Crippen MR) is 73.1 cm³/mol. The lowest BCUT2D eigenvalue weighted by atomic mass is 10.2. The molecule has 1 saturated heterocycles. The van der Waals surface area contributed by atoms with Gasteiger partial charge in [-0.15, -0.1) is 0 Å². The predicted octanol–water partition coefficient (Wildman–Crippen LogP) is 1.52. The second-order valence-electron chi connectivity index (χ2n) is 4.17. The maximum atomic E-state index is 12.0. The van der Waals surface area contributed by atoms with Gasteiger partial charge in [-0.3, -0.25) is 4.79 Å². The average Bonchev–Trinajstić information content (AvgIpc) is 2.39. The standard InChI is InChI=1S/C12H12BrN3O2/c13-9-5-8-6-10(16-1-3-18-4-2-16)12(17)15-11(8)14-7-9/h5-7H,1-4H2,(H,14,15,17). The van der Waals surface area contributed by atoms with Gasteiger partial charge in [-0.25, -0.2) is 4.98 Å². The van der Waals surface area contributed by atoms with Crippen molar-refractivity contribution >= 4 is 32.7 Å². The Labute approximate surface area is 112 Å². The normalized spacial score (nSPS) is 16.2. The second-order valence-corrected chi connectivity index (χ2v) is 5.09. The first-order valence-corrected chi connectivity index (χ1v) is 6.54. The molecule has 94 valence electrons. The fourth-order valence-electron chi connectivity index (χ4n) is 2.09. The Hall–Kier alpha value is -1.40. The highest BCUT2D eigenvalue weighted by Crippen LogP contribution is 2.19. The van der Waals surface area contributed by atoms with Crippen molar-refractivity contribution < 1.29 is 4.74 Å². The summed E-state index contributed by atoms with van der Waals surface area (Å²) >= 11 is 3.38. The van der Waals surface area contributed by atoms with Crippen LogP contribution in [0.2, 0.25) is 0 Å². The molecule has 0 bridgehead atoms. The molecule has 2 aromatic rings. The molecule has 2 aromatic heterocycles. The highest BCUT2D eigenvalue weighted by Gasteiger charge is 2.15. The molecule has 1 aliphatic heterocycles. The maximum absolute atomic E-state index is 12.0. The molecular formula is C12H12BrN3O2. The third kappa shape index (κ3) is 2.13. The van der Waals surface area contributed by atoms with Crippen molar-refractivity contribution in [2.45, 2.75) is 0 Å². The van der Waals surface area contributed by atoms with Crippen molar-refractivity contribution in [3.63, 3.8) is 0 Å². The van der Waals surface area contributed by atoms with Gasteiger partial charge in [0.05, 0.1) is 13.2 Å². The Morgan fingerprint density at radius 2 is 2.11 bits per heavy atom. The van der Waals surface area contributed by atoms with Gasteiger partial charge in [0.1, 0.15) is 11.3 Å². The van der Waals surface area contributed by atoms with Crippen molar-refractivity contribution in [2.75, 3.05) is 31.2 Å². The number of nitrogens with one attached hydrogen (secondary N) is 1. The SMILES string of the molecule is O=c1[nH]c2ncc(Br)cc2cc1N1CCOCC1. The summed E-state index contributed by atoms with van der Waals surface area (Å²) in [5, 5.41) is 0.922. The number of hydrogen-bond acceptors (Lipinski definition) is 4. The van der Waals surface area contributed by atoms with Crippen molar-refractivity contribution in [2.24, 2.45) is 0 Å². The van der Waals surface area contributed by atoms with Crippen molar-refractivity contribution in [3.05, 3.63) is 33.2 Å². The summed E-state index contributed by atoms with van der Waals surface area (Å²) in [4.78, 5) is 21.1. The smallest absolute Gasteiger partial charge is 0.273 e. The quantitative estimate of drug-likeness (QED) is 0.868. The van der Waals surface area contributed by atoms with E-state index in [4.69, 9.17) is 4.74 Å². The molecule has 0 saturated carbocycles. The van der Waals surface area contributed by atoms with E-state index < -0.39 is 0 Å². The van der Waals surface area contributed by atoms with Crippen LogP contribution in [0.3, 0.4) is 0 Å². The fourth-order valence-corrected chi connectivity index (χ4v) is 2.44. The molecule has 3 heterocycles. The Balaban J connectivity index is 2.10. The average molecular weight is 310 g/mol. The van der Waals surface area contributed by atoms with E-state index in [-0.39, 0.29) is 5.56 Å². The van der Waals surface area contributed by atoms with Crippen LogP contribution in [0.15, 0.2) is 27.6 Å². The highest BCUT2D eigenvalue weighted by molar-refractivity contribution is 9.10. The first-order valence-electron chi connectivity index (χ1n) is 5.75. The van der Waals surface area contributed by atoms with E-state index in [1.807, 2.05) is 17.0 Å². The van der Waals surface area contributed by atoms with Gasteiger partial charge in [-0.05, 0) is 28.1 Å². The number of aromatic nitrogens is 2. The molecule has 18 heavy (non-hydrogen) atoms. The third-order valence-electron chi connectivity index (χ3n) is 2.99. The van der Waals surface area contributed by atoms with Gasteiger partial charge in [0.15, 0.2) is 0 Å². The summed E-state index contributed by atoms with van der Waals surface area (Å²) in [6.45, 7) is 2.81. The topological polar surface area (TPSA) is 58.2 Å². The molecule has 1 fully saturated rings. The molecule has 0 aliphatic carbocycles. The van der Waals surface area contributed by atoms with Crippen LogP contribution >= 0.6 is 15.9 Å². The Kier molecular flexibility index (Phi) is 3.05. The van der Waals surface area contributed by atoms with Gasteiger partial charge >= 0.3 is 0 Å². The number of anilines is 1. The summed E-state index contributed by atoms with van der Waals surface area (Å²) in [6.07, 6.45) is 1.67. The van der Waals surface area contributed by atoms with Crippen molar-refractivity contribution in [1.82, 2.24) is 9.97 Å². The Bertz CT molecular complexity index is 635. The lowest BCUT2D eigenvalue weighted by molar-refractivity contribution is 0.122. The summed E-state index contributed by atoms with van der Waals surface area (Å²) in [6, 6.07) is 3.83. The van der Waals surface area contributed by atoms with E-state index in [9.17, 15) is 4.79 Å². The van der Waals surface area contributed by atoms with Crippen LogP contribution < -0.4 is 10.5 Å². The minimum absolute atomic E-state index is 0.0979. The van der Waals surface area contributed by atoms with E-state index in [2.05, 4.69) is 25.9 Å². The van der Waals surface area contributed by atoms with Gasteiger partial charge in [-0.2, -0.15) is 0 Å². The second kappa shape index (κ2) is 4.70. The van der Waals surface area contributed by atoms with E-state index in [0.717, 1.165) is 22.9 Å². The summed E-state index contributed by atoms with van der Waals surface area (Å²) in [5.74, 6) is 0. The maximum Gasteiger partial charge on any atom is 0.273 e. The largest absolute Gasteiger partial charge is 0.378 e. The van der Waals surface area contributed by atoms with Gasteiger partial charge in [-0.1, -0.05) is 0 Å². The molecular weight excluding hydrogens is 298 g/mol. The first kappa shape index (κ1) is 11.7. The van der Waals surface area contributed by atoms with Crippen molar-refractivity contribution in [3.8, 4) is 0 Å². The molecule has 6 heteroatoms. The zero-order valence-electron chi connectivity index (χ0n) is 9.65. The number of hydrogen-bond donors (Lipinski definition) is 1. The van der Waals surface area contributed by atoms with E-state index in [1.165, 1.54) is 0 Å². The molecule has 0 aromatic carbocycles. The number of rotatable bonds is 1. The molecule has 5 nitrogen and oxygen atoms in total. The summed E-state index contributed by atoms with van der Waals surface area (Å²) in [5.41, 5.74) is 1.20. The van der Waals surface area contributed by atoms with E-state index in [0.29, 0.717) is 24.5 Å². The Morgan fingerprint density at radius 3 is 2.89 bits per heavy atom. The number of ether oxygens (including phenoxy) is 1. The Morgan fingerprint density at radius 1 is 1.33 bits per heavy atom. The van der Waals surface area contributed by atoms with Crippen molar-refractivity contribution in [1.29, 1.82) is 0 Å². The minimum atomic E-state index is -0.0979. The number of nitrogens with zero attached hydrogens (tertiary/aromatic N) is 2. The molecule has 1 aliphatic rings. The molecule has 0 atom stereocenters. The zero-order valence-corrected chi connectivity index (χ0v) is 11.2. The monoisotopic (exact) mass is 309 g/mol. The van der Waals surface area contributed by atoms with Gasteiger partial charge in [0.2, 0.25) is 0 Å². The number of morpholine rings is 1. The van der Waals surface area contributed by atoms with Gasteiger partial charge < -0.3 is 14.6 Å². The van der Waals surface area contributed by atoms with Crippen LogP contribution in [-0.4, -0.2) is 36.3 Å². The summed E-state index contributed by atoms with van der Waals surface area (Å²) in [7, 11) is 0. The van der Waals surface area contributed by atoms with Crippen LogP contribution in [0.4, 0.5) is 5.69 Å². The third-order valence-corrected chi connectivity index (χ3v) is 3.43. The lowest BCUT2D eigenvalue weighted by Gasteiger charge is -2.28. The fraction of sp³-hybridized carbons (Fsp3) is 0.333. The number of fused-ring (bicyclic) bond motifs is 1. The van der Waals surface area contributed by atoms with Crippen LogP contribution in [-0.2, 0) is 4.74 Å². The highest BCUT2D eigenvalue weighted by atomic mass is 79.9. The lowest BCUT2D eigenvalue weighted by Crippen LogP contribution is -2.39. The van der Waals surface area contributed by atoms with Gasteiger partial charge in [0, 0.05) is 29.1 Å². The van der Waals surface area contributed by atoms with Crippen LogP contribution in [0.25, 0.3) is 11.0 Å². The van der Waals surface area contributed by atoms with Crippen LogP contribution in [0.1, 0.15) is 0 Å². The van der Waals surface area contributed by atoms with Crippen LogP contribution in [0.5, 0.6) is 0 Å². The number of aromatic amines is 1. The van der Waals surface area contributed by atoms with Gasteiger partial charge in [0.25, 0.3) is 5.56 Å². The van der Waals surface area contributed by atoms with E-state index >= 15 is 0 Å². The van der Waals surface area contributed by atoms with E-state index in [1.54, 1.807) is 6.20 Å². The minimum Gasteiger partial charge on any atom is -0.378 e. The number of H-pyrrole nitrogens is 1.